The van der Waals surface area contributed by atoms with Crippen LogP contribution in [0.5, 0.6) is 11.5 Å². The van der Waals surface area contributed by atoms with Crippen LogP contribution in [-0.4, -0.2) is 51.7 Å². The van der Waals surface area contributed by atoms with Gasteiger partial charge < -0.3 is 9.47 Å². The number of halogens is 3. The molecule has 0 atom stereocenters. The van der Waals surface area contributed by atoms with Gasteiger partial charge in [0.15, 0.2) is 0 Å². The van der Waals surface area contributed by atoms with Crippen LogP contribution in [0.3, 0.4) is 0 Å². The van der Waals surface area contributed by atoms with Crippen molar-refractivity contribution in [3.05, 3.63) is 84.4 Å². The second kappa shape index (κ2) is 11.9. The van der Waals surface area contributed by atoms with E-state index in [1.165, 1.54) is 53.5 Å². The number of hydrogen-bond donors (Lipinski definition) is 0. The molecule has 0 aliphatic carbocycles. The summed E-state index contributed by atoms with van der Waals surface area (Å²) >= 11 is 0. The molecule has 0 spiro atoms. The van der Waals surface area contributed by atoms with Crippen LogP contribution in [0.15, 0.2) is 83.8 Å². The van der Waals surface area contributed by atoms with Crippen molar-refractivity contribution in [1.82, 2.24) is 4.90 Å². The van der Waals surface area contributed by atoms with E-state index in [2.05, 4.69) is 9.64 Å². The first-order valence-corrected chi connectivity index (χ1v) is 13.5. The van der Waals surface area contributed by atoms with E-state index >= 15 is 0 Å². The maximum absolute atomic E-state index is 13.6. The van der Waals surface area contributed by atoms with Crippen molar-refractivity contribution in [2.75, 3.05) is 30.5 Å². The fourth-order valence-corrected chi connectivity index (χ4v) is 5.51. The summed E-state index contributed by atoms with van der Waals surface area (Å²) in [5.41, 5.74) is 0.857. The van der Waals surface area contributed by atoms with E-state index in [-0.39, 0.29) is 17.2 Å². The molecular weight excluding hydrogens is 521 g/mol. The molecule has 0 radical (unpaired) electrons. The molecule has 0 unspecified atom stereocenters. The molecule has 7 nitrogen and oxygen atoms in total. The highest BCUT2D eigenvalue weighted by molar-refractivity contribution is 7.92. The summed E-state index contributed by atoms with van der Waals surface area (Å²) in [5, 5.41) is 0. The van der Waals surface area contributed by atoms with Crippen LogP contribution in [-0.2, 0) is 21.4 Å². The number of hydrogen-bond acceptors (Lipinski definition) is 6. The van der Waals surface area contributed by atoms with Crippen molar-refractivity contribution in [3.63, 3.8) is 0 Å². The van der Waals surface area contributed by atoms with E-state index in [4.69, 9.17) is 4.74 Å². The maximum atomic E-state index is 13.6. The molecule has 3 aromatic rings. The third-order valence-electron chi connectivity index (χ3n) is 6.02. The van der Waals surface area contributed by atoms with Crippen LogP contribution in [0.25, 0.3) is 0 Å². The normalized spacial score (nSPS) is 14.3. The van der Waals surface area contributed by atoms with E-state index in [0.29, 0.717) is 23.6 Å². The number of likely N-dealkylation sites (tertiary alicyclic amines) is 1. The minimum absolute atomic E-state index is 0.0849. The molecule has 38 heavy (non-hydrogen) atoms. The van der Waals surface area contributed by atoms with Crippen LogP contribution in [0.1, 0.15) is 18.4 Å². The molecule has 0 N–H and O–H groups in total. The maximum Gasteiger partial charge on any atom is 0.491 e. The van der Waals surface area contributed by atoms with Gasteiger partial charge in [0.2, 0.25) is 0 Å². The zero-order valence-corrected chi connectivity index (χ0v) is 21.2. The first-order valence-electron chi connectivity index (χ1n) is 12.0. The van der Waals surface area contributed by atoms with E-state index in [1.807, 2.05) is 0 Å². The number of carbonyl (C=O) groups excluding carboxylic acids is 1. The fraction of sp³-hybridized carbons (Fsp3) is 0.296. The molecular formula is C27H27F3N2O5S. The number of rotatable bonds is 10. The van der Waals surface area contributed by atoms with Crippen LogP contribution in [0.4, 0.5) is 18.9 Å². The highest BCUT2D eigenvalue weighted by atomic mass is 32.2. The summed E-state index contributed by atoms with van der Waals surface area (Å²) in [6, 6.07) is 19.8. The van der Waals surface area contributed by atoms with Gasteiger partial charge in [-0.05, 0) is 80.0 Å². The molecule has 1 heterocycles. The highest BCUT2D eigenvalue weighted by Crippen LogP contribution is 2.29. The summed E-state index contributed by atoms with van der Waals surface area (Å²) in [5.74, 6) is -2.02. The SMILES string of the molecule is O=C(Oc1ccc(CN(c2ccc(OCCN3CCCC3)cc2)S(=O)(=O)c2ccccc2)cc1)C(F)(F)F. The highest BCUT2D eigenvalue weighted by Gasteiger charge is 2.41. The summed E-state index contributed by atoms with van der Waals surface area (Å²) in [7, 11) is -3.99. The van der Waals surface area contributed by atoms with Gasteiger partial charge in [-0.25, -0.2) is 13.2 Å². The van der Waals surface area contributed by atoms with Crippen LogP contribution in [0, 0.1) is 0 Å². The third kappa shape index (κ3) is 7.05. The van der Waals surface area contributed by atoms with E-state index in [9.17, 15) is 26.4 Å². The molecule has 1 aliphatic rings. The number of nitrogens with zero attached hydrogens (tertiary/aromatic N) is 2. The lowest BCUT2D eigenvalue weighted by molar-refractivity contribution is -0.189. The second-order valence-electron chi connectivity index (χ2n) is 8.75. The molecule has 11 heteroatoms. The number of anilines is 1. The number of ether oxygens (including phenoxy) is 2. The molecule has 0 saturated carbocycles. The quantitative estimate of drug-likeness (QED) is 0.262. The predicted molar refractivity (Wildman–Crippen MR) is 136 cm³/mol. The van der Waals surface area contributed by atoms with Crippen molar-refractivity contribution in [3.8, 4) is 11.5 Å². The summed E-state index contributed by atoms with van der Waals surface area (Å²) in [6.07, 6.45) is -2.73. The van der Waals surface area contributed by atoms with Crippen molar-refractivity contribution in [2.45, 2.75) is 30.5 Å². The smallest absolute Gasteiger partial charge is 0.491 e. The van der Waals surface area contributed by atoms with E-state index in [1.54, 1.807) is 42.5 Å². The molecule has 0 aromatic heterocycles. The van der Waals surface area contributed by atoms with Crippen molar-refractivity contribution >= 4 is 21.7 Å². The Morgan fingerprint density at radius 1 is 0.868 bits per heavy atom. The standard InChI is InChI=1S/C27H27F3N2O5S/c28-27(29,30)26(33)37-24-12-8-21(9-13-24)20-32(38(34,35)25-6-2-1-3-7-25)22-10-14-23(15-11-22)36-19-18-31-16-4-5-17-31/h1-3,6-15H,4-5,16-20H2. The zero-order chi connectivity index (χ0) is 27.2. The lowest BCUT2D eigenvalue weighted by atomic mass is 10.2. The Morgan fingerprint density at radius 3 is 2.08 bits per heavy atom. The Kier molecular flexibility index (Phi) is 8.58. The first-order chi connectivity index (χ1) is 18.1. The number of sulfonamides is 1. The Morgan fingerprint density at radius 2 is 1.47 bits per heavy atom. The molecule has 1 aliphatic heterocycles. The molecule has 4 rings (SSSR count). The topological polar surface area (TPSA) is 76.2 Å². The van der Waals surface area contributed by atoms with Crippen molar-refractivity contribution < 1.29 is 35.9 Å². The Hall–Kier alpha value is -3.57. The van der Waals surface area contributed by atoms with Gasteiger partial charge in [0.05, 0.1) is 17.1 Å². The van der Waals surface area contributed by atoms with Gasteiger partial charge in [0.1, 0.15) is 18.1 Å². The number of carbonyl (C=O) groups is 1. The van der Waals surface area contributed by atoms with Crippen molar-refractivity contribution in [2.24, 2.45) is 0 Å². The van der Waals surface area contributed by atoms with E-state index in [0.717, 1.165) is 19.6 Å². The second-order valence-corrected chi connectivity index (χ2v) is 10.6. The molecule has 0 amide bonds. The summed E-state index contributed by atoms with van der Waals surface area (Å²) in [6.45, 7) is 3.38. The summed E-state index contributed by atoms with van der Waals surface area (Å²) < 4.78 is 75.9. The Balaban J connectivity index is 1.52. The lowest BCUT2D eigenvalue weighted by Gasteiger charge is -2.25. The number of esters is 1. The van der Waals surface area contributed by atoms with Crippen LogP contribution in [0.2, 0.25) is 0 Å². The number of alkyl halides is 3. The number of benzene rings is 3. The largest absolute Gasteiger partial charge is 0.492 e. The Bertz CT molecular complexity index is 1310. The van der Waals surface area contributed by atoms with Gasteiger partial charge in [0.25, 0.3) is 10.0 Å². The molecule has 3 aromatic carbocycles. The third-order valence-corrected chi connectivity index (χ3v) is 7.81. The molecule has 1 fully saturated rings. The van der Waals surface area contributed by atoms with Gasteiger partial charge in [0, 0.05) is 6.54 Å². The van der Waals surface area contributed by atoms with Crippen LogP contribution >= 0.6 is 0 Å². The van der Waals surface area contributed by atoms with Gasteiger partial charge >= 0.3 is 12.1 Å². The Labute approximate surface area is 219 Å². The van der Waals surface area contributed by atoms with E-state index < -0.39 is 22.2 Å². The molecule has 1 saturated heterocycles. The predicted octanol–water partition coefficient (Wildman–Crippen LogP) is 5.02. The van der Waals surface area contributed by atoms with Gasteiger partial charge in [-0.15, -0.1) is 0 Å². The monoisotopic (exact) mass is 548 g/mol. The molecule has 202 valence electrons. The lowest BCUT2D eigenvalue weighted by Crippen LogP contribution is -2.30. The van der Waals surface area contributed by atoms with Gasteiger partial charge in [-0.3, -0.25) is 9.21 Å². The minimum atomic E-state index is -5.12. The zero-order valence-electron chi connectivity index (χ0n) is 20.4. The molecule has 0 bridgehead atoms. The first kappa shape index (κ1) is 27.5. The van der Waals surface area contributed by atoms with Gasteiger partial charge in [-0.1, -0.05) is 30.3 Å². The van der Waals surface area contributed by atoms with Crippen molar-refractivity contribution in [1.29, 1.82) is 0 Å². The fourth-order valence-electron chi connectivity index (χ4n) is 4.04. The van der Waals surface area contributed by atoms with Crippen LogP contribution < -0.4 is 13.8 Å². The average molecular weight is 549 g/mol. The summed E-state index contributed by atoms with van der Waals surface area (Å²) in [4.78, 5) is 13.5. The minimum Gasteiger partial charge on any atom is -0.492 e. The van der Waals surface area contributed by atoms with Gasteiger partial charge in [-0.2, -0.15) is 13.2 Å². The average Bonchev–Trinajstić information content (AvgIpc) is 3.42.